The molecule has 0 saturated carbocycles. The van der Waals surface area contributed by atoms with Gasteiger partial charge in [-0.3, -0.25) is 4.79 Å². The topological polar surface area (TPSA) is 92.4 Å². The molecule has 31 heavy (non-hydrogen) atoms. The van der Waals surface area contributed by atoms with E-state index in [9.17, 15) is 9.59 Å². The zero-order valence-electron chi connectivity index (χ0n) is 18.1. The lowest BCUT2D eigenvalue weighted by Gasteiger charge is -2.35. The fraction of sp³-hybridized carbons (Fsp3) is 0.435. The summed E-state index contributed by atoms with van der Waals surface area (Å²) in [5, 5.41) is 10.3. The van der Waals surface area contributed by atoms with Gasteiger partial charge in [0.15, 0.2) is 0 Å². The Kier molecular flexibility index (Phi) is 7.87. The van der Waals surface area contributed by atoms with Gasteiger partial charge in [0.1, 0.15) is 5.82 Å². The largest absolute Gasteiger partial charge is 0.465 e. The number of methoxy groups -OCH3 is 1. The average Bonchev–Trinajstić information content (AvgIpc) is 2.78. The molecule has 0 bridgehead atoms. The number of piperidine rings is 1. The van der Waals surface area contributed by atoms with E-state index in [1.807, 2.05) is 0 Å². The summed E-state index contributed by atoms with van der Waals surface area (Å²) in [5.41, 5.74) is 1.43. The van der Waals surface area contributed by atoms with Gasteiger partial charge in [-0.2, -0.15) is 0 Å². The van der Waals surface area contributed by atoms with Crippen LogP contribution in [0.3, 0.4) is 0 Å². The highest BCUT2D eigenvalue weighted by Gasteiger charge is 2.27. The molecule has 0 aliphatic carbocycles. The van der Waals surface area contributed by atoms with Gasteiger partial charge in [0.25, 0.3) is 5.91 Å². The van der Waals surface area contributed by atoms with Crippen molar-refractivity contribution in [2.75, 3.05) is 30.8 Å². The number of ether oxygens (including phenoxy) is 1. The summed E-state index contributed by atoms with van der Waals surface area (Å²) < 4.78 is 4.87. The molecule has 1 aliphatic heterocycles. The first kappa shape index (κ1) is 23.0. The number of halogens is 1. The zero-order valence-corrected chi connectivity index (χ0v) is 18.8. The van der Waals surface area contributed by atoms with E-state index in [0.717, 1.165) is 25.9 Å². The van der Waals surface area contributed by atoms with Crippen molar-refractivity contribution in [3.8, 4) is 0 Å². The third-order valence-electron chi connectivity index (χ3n) is 5.59. The molecule has 2 aromatic rings. The molecule has 1 aromatic carbocycles. The van der Waals surface area contributed by atoms with E-state index in [-0.39, 0.29) is 11.9 Å². The first-order valence-corrected chi connectivity index (χ1v) is 10.9. The van der Waals surface area contributed by atoms with Gasteiger partial charge in [0, 0.05) is 17.9 Å². The summed E-state index contributed by atoms with van der Waals surface area (Å²) in [4.78, 5) is 29.3. The number of rotatable bonds is 7. The molecule has 0 radical (unpaired) electrons. The van der Waals surface area contributed by atoms with E-state index in [1.54, 1.807) is 30.3 Å². The molecule has 3 N–H and O–H groups in total. The van der Waals surface area contributed by atoms with E-state index in [1.165, 1.54) is 13.3 Å². The Bertz CT molecular complexity index is 912. The maximum absolute atomic E-state index is 13.0. The van der Waals surface area contributed by atoms with Gasteiger partial charge in [0.05, 0.1) is 23.3 Å². The number of benzene rings is 1. The van der Waals surface area contributed by atoms with Crippen LogP contribution in [-0.4, -0.2) is 43.1 Å². The van der Waals surface area contributed by atoms with Gasteiger partial charge in [0.2, 0.25) is 0 Å². The summed E-state index contributed by atoms with van der Waals surface area (Å²) in [6.45, 7) is 6.29. The smallest absolute Gasteiger partial charge is 0.337 e. The Balaban J connectivity index is 1.91. The summed E-state index contributed by atoms with van der Waals surface area (Å²) in [6.07, 6.45) is 3.59. The van der Waals surface area contributed by atoms with Crippen LogP contribution < -0.4 is 16.0 Å². The maximum atomic E-state index is 13.0. The van der Waals surface area contributed by atoms with Crippen LogP contribution in [0.25, 0.3) is 0 Å². The number of anilines is 2. The molecule has 1 fully saturated rings. The molecule has 1 amide bonds. The molecule has 0 spiro atoms. The number of pyridine rings is 1. The van der Waals surface area contributed by atoms with Crippen LogP contribution >= 0.6 is 11.6 Å². The van der Waals surface area contributed by atoms with Gasteiger partial charge in [-0.05, 0) is 68.1 Å². The van der Waals surface area contributed by atoms with Crippen LogP contribution in [0.15, 0.2) is 36.5 Å². The number of carbonyl (C=O) groups is 2. The molecule has 8 heteroatoms. The molecular formula is C23H29ClN4O3. The Labute approximate surface area is 187 Å². The van der Waals surface area contributed by atoms with E-state index >= 15 is 0 Å². The second-order valence-electron chi connectivity index (χ2n) is 8.07. The standard InChI is InChI=1S/C23H29ClN4O3/c1-14(2)21(15-8-10-25-11-9-15)27-19-12-16(23(30)31-3)4-6-18(19)22(29)28-20-7-5-17(24)13-26-20/h4-7,12-15,21,25,27H,8-11H2,1-3H3,(H,26,28,29). The minimum atomic E-state index is -0.447. The van der Waals surface area contributed by atoms with E-state index < -0.39 is 5.97 Å². The zero-order chi connectivity index (χ0) is 22.4. The van der Waals surface area contributed by atoms with Crippen molar-refractivity contribution in [3.63, 3.8) is 0 Å². The van der Waals surface area contributed by atoms with Crippen molar-refractivity contribution in [1.29, 1.82) is 0 Å². The molecule has 1 aromatic heterocycles. The molecule has 3 rings (SSSR count). The Morgan fingerprint density at radius 3 is 2.55 bits per heavy atom. The second-order valence-corrected chi connectivity index (χ2v) is 8.51. The third-order valence-corrected chi connectivity index (χ3v) is 5.81. The highest BCUT2D eigenvalue weighted by molar-refractivity contribution is 6.30. The number of hydrogen-bond acceptors (Lipinski definition) is 6. The van der Waals surface area contributed by atoms with Gasteiger partial charge in [-0.15, -0.1) is 0 Å². The first-order valence-electron chi connectivity index (χ1n) is 10.5. The fourth-order valence-electron chi connectivity index (χ4n) is 3.95. The van der Waals surface area contributed by atoms with Crippen LogP contribution in [0.1, 0.15) is 47.4 Å². The number of nitrogens with one attached hydrogen (secondary N) is 3. The summed E-state index contributed by atoms with van der Waals surface area (Å²) in [5.74, 6) is 0.450. The van der Waals surface area contributed by atoms with Crippen molar-refractivity contribution >= 4 is 35.0 Å². The number of esters is 1. The Morgan fingerprint density at radius 2 is 1.94 bits per heavy atom. The summed E-state index contributed by atoms with van der Waals surface area (Å²) >= 11 is 5.88. The molecule has 2 heterocycles. The van der Waals surface area contributed by atoms with Crippen molar-refractivity contribution in [2.45, 2.75) is 32.7 Å². The van der Waals surface area contributed by atoms with E-state index in [0.29, 0.717) is 39.5 Å². The number of hydrogen-bond donors (Lipinski definition) is 3. The maximum Gasteiger partial charge on any atom is 0.337 e. The minimum Gasteiger partial charge on any atom is -0.465 e. The van der Waals surface area contributed by atoms with E-state index in [4.69, 9.17) is 16.3 Å². The van der Waals surface area contributed by atoms with Gasteiger partial charge < -0.3 is 20.7 Å². The number of aromatic nitrogens is 1. The number of amides is 1. The summed E-state index contributed by atoms with van der Waals surface area (Å²) in [7, 11) is 1.34. The number of carbonyl (C=O) groups excluding carboxylic acids is 2. The van der Waals surface area contributed by atoms with Crippen molar-refractivity contribution in [1.82, 2.24) is 10.3 Å². The predicted octanol–water partition coefficient (Wildman–Crippen LogP) is 4.21. The summed E-state index contributed by atoms with van der Waals surface area (Å²) in [6, 6.07) is 8.38. The van der Waals surface area contributed by atoms with Crippen molar-refractivity contribution in [3.05, 3.63) is 52.7 Å². The molecule has 1 saturated heterocycles. The molecule has 1 unspecified atom stereocenters. The Morgan fingerprint density at radius 1 is 1.19 bits per heavy atom. The quantitative estimate of drug-likeness (QED) is 0.554. The van der Waals surface area contributed by atoms with Crippen molar-refractivity contribution in [2.24, 2.45) is 11.8 Å². The minimum absolute atomic E-state index is 0.162. The van der Waals surface area contributed by atoms with Crippen LogP contribution in [-0.2, 0) is 4.74 Å². The fourth-order valence-corrected chi connectivity index (χ4v) is 4.06. The highest BCUT2D eigenvalue weighted by Crippen LogP contribution is 2.28. The van der Waals surface area contributed by atoms with Crippen molar-refractivity contribution < 1.29 is 14.3 Å². The lowest BCUT2D eigenvalue weighted by molar-refractivity contribution is 0.0600. The Hall–Kier alpha value is -2.64. The van der Waals surface area contributed by atoms with Gasteiger partial charge in [-0.25, -0.2) is 9.78 Å². The van der Waals surface area contributed by atoms with Gasteiger partial charge >= 0.3 is 5.97 Å². The van der Waals surface area contributed by atoms with Gasteiger partial charge in [-0.1, -0.05) is 25.4 Å². The van der Waals surface area contributed by atoms with Crippen LogP contribution in [0.5, 0.6) is 0 Å². The third kappa shape index (κ3) is 5.95. The lowest BCUT2D eigenvalue weighted by atomic mass is 9.83. The second kappa shape index (κ2) is 10.6. The van der Waals surface area contributed by atoms with Crippen LogP contribution in [0.2, 0.25) is 5.02 Å². The monoisotopic (exact) mass is 444 g/mol. The molecule has 166 valence electrons. The van der Waals surface area contributed by atoms with E-state index in [2.05, 4.69) is 34.8 Å². The van der Waals surface area contributed by atoms with Crippen LogP contribution in [0, 0.1) is 11.8 Å². The van der Waals surface area contributed by atoms with Crippen LogP contribution in [0.4, 0.5) is 11.5 Å². The lowest BCUT2D eigenvalue weighted by Crippen LogP contribution is -2.41. The first-order chi connectivity index (χ1) is 14.9. The SMILES string of the molecule is COC(=O)c1ccc(C(=O)Nc2ccc(Cl)cn2)c(NC(C(C)C)C2CCNCC2)c1. The molecule has 1 atom stereocenters. The average molecular weight is 445 g/mol. The molecule has 1 aliphatic rings. The number of nitrogens with zero attached hydrogens (tertiary/aromatic N) is 1. The predicted molar refractivity (Wildman–Crippen MR) is 123 cm³/mol. The molecular weight excluding hydrogens is 416 g/mol. The normalized spacial score (nSPS) is 15.4. The highest BCUT2D eigenvalue weighted by atomic mass is 35.5. The molecule has 7 nitrogen and oxygen atoms in total.